The van der Waals surface area contributed by atoms with Crippen LogP contribution in [-0.2, 0) is 7.05 Å². The molecule has 1 heterocycles. The second-order valence-corrected chi connectivity index (χ2v) is 5.51. The number of hydrogen-bond acceptors (Lipinski definition) is 4. The third-order valence-corrected chi connectivity index (χ3v) is 4.53. The maximum atomic E-state index is 12.0. The van der Waals surface area contributed by atoms with Crippen molar-refractivity contribution in [1.82, 2.24) is 20.1 Å². The van der Waals surface area contributed by atoms with Crippen LogP contribution in [0.4, 0.5) is 10.7 Å². The number of carbonyl (C=O) groups is 1. The summed E-state index contributed by atoms with van der Waals surface area (Å²) in [5.41, 5.74) is 0. The number of anilines is 1. The van der Waals surface area contributed by atoms with Gasteiger partial charge in [-0.25, -0.2) is 9.48 Å². The highest BCUT2D eigenvalue weighted by molar-refractivity contribution is 5.87. The highest BCUT2D eigenvalue weighted by Gasteiger charge is 2.47. The van der Waals surface area contributed by atoms with E-state index in [1.807, 2.05) is 0 Å². The van der Waals surface area contributed by atoms with Crippen molar-refractivity contribution >= 4 is 12.0 Å². The number of nitrogens with zero attached hydrogens (tertiary/aromatic N) is 3. The van der Waals surface area contributed by atoms with E-state index in [0.717, 1.165) is 12.8 Å². The molecular formula is C12H19N5O2. The van der Waals surface area contributed by atoms with Gasteiger partial charge in [0.1, 0.15) is 6.33 Å². The summed E-state index contributed by atoms with van der Waals surface area (Å²) in [5, 5.41) is 19.0. The molecule has 2 aliphatic carbocycles. The van der Waals surface area contributed by atoms with Crippen molar-refractivity contribution < 1.29 is 9.90 Å². The predicted octanol–water partition coefficient (Wildman–Crippen LogP) is 0.344. The zero-order valence-corrected chi connectivity index (χ0v) is 10.9. The lowest BCUT2D eigenvalue weighted by atomic mass is 9.85. The normalized spacial score (nSPS) is 32.5. The Bertz CT molecular complexity index is 474. The summed E-state index contributed by atoms with van der Waals surface area (Å²) in [5.74, 6) is 1.69. The van der Waals surface area contributed by atoms with Crippen LogP contribution in [0.15, 0.2) is 6.33 Å². The summed E-state index contributed by atoms with van der Waals surface area (Å²) in [6.45, 7) is 0.149. The van der Waals surface area contributed by atoms with Gasteiger partial charge in [0.15, 0.2) is 0 Å². The maximum Gasteiger partial charge on any atom is 0.321 e. The third-order valence-electron chi connectivity index (χ3n) is 4.53. The summed E-state index contributed by atoms with van der Waals surface area (Å²) in [6.07, 6.45) is 4.85. The lowest BCUT2D eigenvalue weighted by Crippen LogP contribution is -2.47. The average Bonchev–Trinajstić information content (AvgIpc) is 3.06. The molecule has 7 nitrogen and oxygen atoms in total. The smallest absolute Gasteiger partial charge is 0.321 e. The van der Waals surface area contributed by atoms with Gasteiger partial charge in [-0.15, -0.1) is 0 Å². The monoisotopic (exact) mass is 265 g/mol. The highest BCUT2D eigenvalue weighted by atomic mass is 16.3. The first-order valence-corrected chi connectivity index (χ1v) is 6.71. The zero-order valence-electron chi connectivity index (χ0n) is 10.9. The molecule has 19 heavy (non-hydrogen) atoms. The Labute approximate surface area is 111 Å². The zero-order chi connectivity index (χ0) is 13.4. The quantitative estimate of drug-likeness (QED) is 0.735. The number of rotatable bonds is 3. The number of carbonyl (C=O) groups excluding carboxylic acids is 1. The first kappa shape index (κ1) is 12.4. The van der Waals surface area contributed by atoms with Gasteiger partial charge < -0.3 is 10.4 Å². The molecule has 1 aromatic heterocycles. The van der Waals surface area contributed by atoms with Crippen molar-refractivity contribution in [3.63, 3.8) is 0 Å². The van der Waals surface area contributed by atoms with Crippen molar-refractivity contribution in [2.75, 3.05) is 11.9 Å². The summed E-state index contributed by atoms with van der Waals surface area (Å²) < 4.78 is 1.50. The molecule has 1 aromatic rings. The van der Waals surface area contributed by atoms with Crippen LogP contribution in [0.5, 0.6) is 0 Å². The minimum atomic E-state index is -0.271. The Morgan fingerprint density at radius 2 is 2.32 bits per heavy atom. The van der Waals surface area contributed by atoms with Crippen molar-refractivity contribution in [2.45, 2.75) is 25.3 Å². The molecule has 2 saturated carbocycles. The van der Waals surface area contributed by atoms with Crippen molar-refractivity contribution in [2.24, 2.45) is 24.8 Å². The van der Waals surface area contributed by atoms with E-state index in [1.165, 1.54) is 17.4 Å². The fourth-order valence-electron chi connectivity index (χ4n) is 3.60. The average molecular weight is 265 g/mol. The molecule has 3 N–H and O–H groups in total. The van der Waals surface area contributed by atoms with Crippen LogP contribution in [0.25, 0.3) is 0 Å². The number of aliphatic hydroxyl groups excluding tert-OH is 1. The molecule has 2 aliphatic rings. The maximum absolute atomic E-state index is 12.0. The second-order valence-electron chi connectivity index (χ2n) is 5.51. The Balaban J connectivity index is 1.62. The first-order valence-electron chi connectivity index (χ1n) is 6.71. The van der Waals surface area contributed by atoms with Gasteiger partial charge in [-0.05, 0) is 31.1 Å². The van der Waals surface area contributed by atoms with Crippen LogP contribution >= 0.6 is 0 Å². The molecular weight excluding hydrogens is 246 g/mol. The third kappa shape index (κ3) is 2.18. The highest BCUT2D eigenvalue weighted by Crippen LogP contribution is 2.48. The fourth-order valence-corrected chi connectivity index (χ4v) is 3.60. The second kappa shape index (κ2) is 4.80. The van der Waals surface area contributed by atoms with Crippen molar-refractivity contribution in [3.05, 3.63) is 6.33 Å². The Hall–Kier alpha value is -1.63. The number of amides is 2. The molecule has 0 saturated heterocycles. The van der Waals surface area contributed by atoms with Crippen LogP contribution in [0.2, 0.25) is 0 Å². The number of nitrogens with one attached hydrogen (secondary N) is 2. The molecule has 2 bridgehead atoms. The van der Waals surface area contributed by atoms with E-state index in [0.29, 0.717) is 17.8 Å². The Kier molecular flexibility index (Phi) is 3.14. The van der Waals surface area contributed by atoms with Gasteiger partial charge in [-0.3, -0.25) is 5.32 Å². The largest absolute Gasteiger partial charge is 0.396 e. The summed E-state index contributed by atoms with van der Waals surface area (Å²) in [4.78, 5) is 15.9. The van der Waals surface area contributed by atoms with E-state index in [-0.39, 0.29) is 24.6 Å². The van der Waals surface area contributed by atoms with Gasteiger partial charge in [0, 0.05) is 25.6 Å². The van der Waals surface area contributed by atoms with E-state index in [2.05, 4.69) is 20.7 Å². The Morgan fingerprint density at radius 3 is 3.00 bits per heavy atom. The predicted molar refractivity (Wildman–Crippen MR) is 68.4 cm³/mol. The Morgan fingerprint density at radius 1 is 1.53 bits per heavy atom. The molecule has 0 aliphatic heterocycles. The minimum absolute atomic E-state index is 0.0805. The lowest BCUT2D eigenvalue weighted by molar-refractivity contribution is 0.146. The number of aromatic nitrogens is 3. The summed E-state index contributed by atoms with van der Waals surface area (Å²) >= 11 is 0. The molecule has 0 spiro atoms. The summed E-state index contributed by atoms with van der Waals surface area (Å²) in [7, 11) is 1.72. The lowest BCUT2D eigenvalue weighted by Gasteiger charge is -2.30. The van der Waals surface area contributed by atoms with Gasteiger partial charge in [-0.1, -0.05) is 0 Å². The fraction of sp³-hybridized carbons (Fsp3) is 0.750. The van der Waals surface area contributed by atoms with Gasteiger partial charge in [0.2, 0.25) is 5.95 Å². The van der Waals surface area contributed by atoms with E-state index >= 15 is 0 Å². The van der Waals surface area contributed by atoms with Gasteiger partial charge in [-0.2, -0.15) is 10.1 Å². The molecule has 104 valence electrons. The molecule has 4 atom stereocenters. The van der Waals surface area contributed by atoms with Crippen LogP contribution in [-0.4, -0.2) is 38.6 Å². The van der Waals surface area contributed by atoms with Crippen LogP contribution in [0, 0.1) is 17.8 Å². The molecule has 0 radical (unpaired) electrons. The molecule has 2 amide bonds. The van der Waals surface area contributed by atoms with Crippen LogP contribution in [0.1, 0.15) is 19.3 Å². The molecule has 0 aromatic carbocycles. The van der Waals surface area contributed by atoms with Crippen LogP contribution < -0.4 is 10.6 Å². The minimum Gasteiger partial charge on any atom is -0.396 e. The molecule has 3 rings (SSSR count). The molecule has 7 heteroatoms. The number of urea groups is 1. The SMILES string of the molecule is Cn1ncnc1NC(=O)NC1C2CCC(C2)C1CO. The first-order chi connectivity index (χ1) is 9.19. The summed E-state index contributed by atoms with van der Waals surface area (Å²) in [6, 6.07) is -0.191. The molecule has 2 fully saturated rings. The number of aryl methyl sites for hydroxylation is 1. The van der Waals surface area contributed by atoms with Gasteiger partial charge >= 0.3 is 6.03 Å². The number of fused-ring (bicyclic) bond motifs is 2. The van der Waals surface area contributed by atoms with E-state index in [4.69, 9.17) is 0 Å². The molecule has 4 unspecified atom stereocenters. The number of hydrogen-bond donors (Lipinski definition) is 3. The van der Waals surface area contributed by atoms with Gasteiger partial charge in [0.05, 0.1) is 0 Å². The standard InChI is InChI=1S/C12H19N5O2/c1-17-11(13-6-14-17)16-12(19)15-10-8-3-2-7(4-8)9(10)5-18/h6-10,18H,2-5H2,1H3,(H2,13,14,15,16,19). The van der Waals surface area contributed by atoms with E-state index in [9.17, 15) is 9.90 Å². The van der Waals surface area contributed by atoms with Crippen LogP contribution in [0.3, 0.4) is 0 Å². The topological polar surface area (TPSA) is 92.1 Å². The van der Waals surface area contributed by atoms with Crippen molar-refractivity contribution in [3.8, 4) is 0 Å². The van der Waals surface area contributed by atoms with E-state index in [1.54, 1.807) is 7.05 Å². The number of aliphatic hydroxyl groups is 1. The van der Waals surface area contributed by atoms with E-state index < -0.39 is 0 Å². The van der Waals surface area contributed by atoms with Crippen molar-refractivity contribution in [1.29, 1.82) is 0 Å². The van der Waals surface area contributed by atoms with Gasteiger partial charge in [0.25, 0.3) is 0 Å².